The van der Waals surface area contributed by atoms with Crippen LogP contribution in [0.4, 0.5) is 0 Å². The van der Waals surface area contributed by atoms with E-state index in [2.05, 4.69) is 216 Å². The number of fused-ring (bicyclic) bond motifs is 6. The highest BCUT2D eigenvalue weighted by atomic mass is 32.1. The first-order valence-corrected chi connectivity index (χ1v) is 20.4. The highest BCUT2D eigenvalue weighted by molar-refractivity contribution is 7.26. The standard InChI is InChI=1S/C52H38N4S/c1-55-51(38-21-13-20-36(32-38)34-16-5-2-6-17-34)53-50(35-18-7-3-8-19-35)54-52(55)43-27-14-26-42-48-40(25-15-29-47(48)57-49(42)43)37-30-31-46-44(33-37)41-24-11-12-28-45(41)56(46)39-22-9-4-10-23-39/h2-33,50,52,54H,1H3/p+1. The molecule has 57 heavy (non-hydrogen) atoms. The number of aromatic nitrogens is 1. The first kappa shape index (κ1) is 33.5. The third-order valence-corrected chi connectivity index (χ3v) is 12.8. The minimum Gasteiger partial charge on any atom is -0.309 e. The molecule has 2 unspecified atom stereocenters. The second-order valence-electron chi connectivity index (χ2n) is 14.9. The van der Waals surface area contributed by atoms with Crippen LogP contribution in [0.25, 0.3) is 69.9 Å². The van der Waals surface area contributed by atoms with Gasteiger partial charge < -0.3 is 9.47 Å². The van der Waals surface area contributed by atoms with Gasteiger partial charge in [0.15, 0.2) is 6.17 Å². The molecule has 0 amide bonds. The molecule has 3 heterocycles. The second kappa shape index (κ2) is 13.7. The Morgan fingerprint density at radius 2 is 1.19 bits per heavy atom. The molecule has 272 valence electrons. The summed E-state index contributed by atoms with van der Waals surface area (Å²) < 4.78 is 5.00. The van der Waals surface area contributed by atoms with Crippen LogP contribution in [0.1, 0.15) is 29.0 Å². The van der Waals surface area contributed by atoms with Gasteiger partial charge in [0, 0.05) is 60.4 Å². The summed E-state index contributed by atoms with van der Waals surface area (Å²) in [7, 11) is 2.20. The fourth-order valence-electron chi connectivity index (χ4n) is 8.93. The van der Waals surface area contributed by atoms with Crippen LogP contribution in [-0.4, -0.2) is 22.4 Å². The van der Waals surface area contributed by atoms with Gasteiger partial charge in [-0.15, -0.1) is 11.3 Å². The fourth-order valence-corrected chi connectivity index (χ4v) is 10.2. The number of amidine groups is 1. The van der Waals surface area contributed by atoms with Crippen molar-refractivity contribution in [1.82, 2.24) is 9.47 Å². The van der Waals surface area contributed by atoms with Crippen molar-refractivity contribution in [1.29, 1.82) is 0 Å². The predicted octanol–water partition coefficient (Wildman–Crippen LogP) is 12.1. The highest BCUT2D eigenvalue weighted by Crippen LogP contribution is 2.44. The molecular weight excluding hydrogens is 713 g/mol. The van der Waals surface area contributed by atoms with Crippen molar-refractivity contribution in [3.8, 4) is 27.9 Å². The number of thiophene rings is 1. The van der Waals surface area contributed by atoms with Gasteiger partial charge in [-0.1, -0.05) is 146 Å². The van der Waals surface area contributed by atoms with Gasteiger partial charge in [-0.3, -0.25) is 5.32 Å². The Balaban J connectivity index is 1.05. The zero-order chi connectivity index (χ0) is 37.9. The maximum Gasteiger partial charge on any atom is 0.209 e. The van der Waals surface area contributed by atoms with Gasteiger partial charge in [-0.25, -0.2) is 4.99 Å². The maximum absolute atomic E-state index is 5.45. The van der Waals surface area contributed by atoms with E-state index in [1.807, 2.05) is 11.3 Å². The van der Waals surface area contributed by atoms with Gasteiger partial charge in [-0.05, 0) is 70.8 Å². The van der Waals surface area contributed by atoms with Crippen LogP contribution in [0.3, 0.4) is 0 Å². The minimum atomic E-state index is -0.0901. The van der Waals surface area contributed by atoms with Gasteiger partial charge in [-0.2, -0.15) is 0 Å². The Morgan fingerprint density at radius 3 is 2.04 bits per heavy atom. The van der Waals surface area contributed by atoms with E-state index < -0.39 is 0 Å². The summed E-state index contributed by atoms with van der Waals surface area (Å²) >= 11 is 1.90. The number of benzene rings is 8. The zero-order valence-corrected chi connectivity index (χ0v) is 32.3. The third kappa shape index (κ3) is 5.66. The van der Waals surface area contributed by atoms with E-state index in [1.165, 1.54) is 81.0 Å². The summed E-state index contributed by atoms with van der Waals surface area (Å²) in [6, 6.07) is 70.3. The van der Waals surface area contributed by atoms with Crippen molar-refractivity contribution < 1.29 is 5.32 Å². The topological polar surface area (TPSA) is 37.1 Å². The minimum absolute atomic E-state index is 0.00349. The Hall–Kier alpha value is -6.79. The van der Waals surface area contributed by atoms with Crippen LogP contribution in [0, 0.1) is 0 Å². The molecule has 11 rings (SSSR count). The van der Waals surface area contributed by atoms with E-state index >= 15 is 0 Å². The molecule has 1 aliphatic heterocycles. The molecular formula is C52H39N4S+. The van der Waals surface area contributed by atoms with Crippen LogP contribution in [0.15, 0.2) is 199 Å². The van der Waals surface area contributed by atoms with E-state index in [0.717, 1.165) is 11.4 Å². The van der Waals surface area contributed by atoms with Gasteiger partial charge >= 0.3 is 0 Å². The average molecular weight is 752 g/mol. The normalized spacial score (nSPS) is 15.8. The summed E-state index contributed by atoms with van der Waals surface area (Å²) in [6.45, 7) is 0. The molecule has 0 aliphatic carbocycles. The molecule has 2 aromatic heterocycles. The molecule has 5 heteroatoms. The Morgan fingerprint density at radius 1 is 0.526 bits per heavy atom. The monoisotopic (exact) mass is 751 g/mol. The highest BCUT2D eigenvalue weighted by Gasteiger charge is 2.35. The van der Waals surface area contributed by atoms with Gasteiger partial charge in [0.1, 0.15) is 5.84 Å². The molecule has 0 saturated carbocycles. The van der Waals surface area contributed by atoms with Crippen LogP contribution >= 0.6 is 11.3 Å². The number of nitrogens with two attached hydrogens (primary N) is 1. The van der Waals surface area contributed by atoms with Crippen LogP contribution < -0.4 is 5.32 Å². The largest absolute Gasteiger partial charge is 0.309 e. The number of para-hydroxylation sites is 2. The van der Waals surface area contributed by atoms with E-state index in [-0.39, 0.29) is 12.3 Å². The lowest BCUT2D eigenvalue weighted by Gasteiger charge is -2.36. The molecule has 2 atom stereocenters. The summed E-state index contributed by atoms with van der Waals surface area (Å²) in [5.74, 6) is 0.996. The van der Waals surface area contributed by atoms with Crippen molar-refractivity contribution >= 4 is 59.2 Å². The van der Waals surface area contributed by atoms with Crippen molar-refractivity contribution in [2.75, 3.05) is 7.05 Å². The van der Waals surface area contributed by atoms with Gasteiger partial charge in [0.2, 0.25) is 6.17 Å². The van der Waals surface area contributed by atoms with Gasteiger partial charge in [0.05, 0.1) is 11.0 Å². The van der Waals surface area contributed by atoms with Crippen molar-refractivity contribution in [2.45, 2.75) is 12.3 Å². The second-order valence-corrected chi connectivity index (χ2v) is 16.0. The maximum atomic E-state index is 5.45. The SMILES string of the molecule is CN1C(c2cccc(-c3ccccc3)c2)=NC(c2ccccc2)[NH2+]C1c1cccc2c1sc1cccc(-c3ccc4c(c3)c3ccccc3n4-c3ccccc3)c12. The number of aliphatic imine (C=N–C) groups is 1. The third-order valence-electron chi connectivity index (χ3n) is 11.6. The molecule has 0 bridgehead atoms. The quantitative estimate of drug-likeness (QED) is 0.180. The lowest BCUT2D eigenvalue weighted by Crippen LogP contribution is -2.90. The fraction of sp³-hybridized carbons (Fsp3) is 0.0577. The van der Waals surface area contributed by atoms with E-state index in [0.29, 0.717) is 0 Å². The molecule has 4 nitrogen and oxygen atoms in total. The number of rotatable bonds is 6. The first-order chi connectivity index (χ1) is 28.2. The first-order valence-electron chi connectivity index (χ1n) is 19.6. The van der Waals surface area contributed by atoms with Crippen molar-refractivity contribution in [2.24, 2.45) is 4.99 Å². The summed E-state index contributed by atoms with van der Waals surface area (Å²) in [5.41, 5.74) is 12.1. The number of hydrogen-bond donors (Lipinski definition) is 1. The molecule has 1 aliphatic rings. The molecule has 0 fully saturated rings. The zero-order valence-electron chi connectivity index (χ0n) is 31.5. The number of nitrogens with zero attached hydrogens (tertiary/aromatic N) is 3. The summed E-state index contributed by atoms with van der Waals surface area (Å²) in [5, 5.41) is 7.56. The van der Waals surface area contributed by atoms with E-state index in [4.69, 9.17) is 4.99 Å². The number of hydrogen-bond acceptors (Lipinski definition) is 3. The summed E-state index contributed by atoms with van der Waals surface area (Å²) in [4.78, 5) is 7.82. The lowest BCUT2D eigenvalue weighted by molar-refractivity contribution is -0.751. The molecule has 0 spiro atoms. The average Bonchev–Trinajstić information content (AvgIpc) is 3.83. The predicted molar refractivity (Wildman–Crippen MR) is 239 cm³/mol. The van der Waals surface area contributed by atoms with Crippen LogP contribution in [-0.2, 0) is 0 Å². The Labute approximate surface area is 335 Å². The van der Waals surface area contributed by atoms with E-state index in [9.17, 15) is 0 Å². The Bertz CT molecular complexity index is 3130. The van der Waals surface area contributed by atoms with Gasteiger partial charge in [0.25, 0.3) is 0 Å². The Kier molecular flexibility index (Phi) is 8.09. The molecule has 0 radical (unpaired) electrons. The smallest absolute Gasteiger partial charge is 0.209 e. The summed E-state index contributed by atoms with van der Waals surface area (Å²) in [6.07, 6.45) is -0.0866. The molecule has 0 saturated heterocycles. The van der Waals surface area contributed by atoms with Crippen molar-refractivity contribution in [3.63, 3.8) is 0 Å². The van der Waals surface area contributed by atoms with E-state index in [1.54, 1.807) is 0 Å². The molecule has 8 aromatic carbocycles. The van der Waals surface area contributed by atoms with Crippen molar-refractivity contribution in [3.05, 3.63) is 211 Å². The van der Waals surface area contributed by atoms with Crippen LogP contribution in [0.5, 0.6) is 0 Å². The van der Waals surface area contributed by atoms with Crippen LogP contribution in [0.2, 0.25) is 0 Å². The number of quaternary nitrogens is 1. The molecule has 10 aromatic rings. The lowest BCUT2D eigenvalue weighted by atomic mass is 9.96. The molecule has 2 N–H and O–H groups in total.